The third-order valence-electron chi connectivity index (χ3n) is 3.28. The summed E-state index contributed by atoms with van der Waals surface area (Å²) in [5.41, 5.74) is 0.359. The predicted octanol–water partition coefficient (Wildman–Crippen LogP) is 2.21. The fourth-order valence-electron chi connectivity index (χ4n) is 2.36. The van der Waals surface area contributed by atoms with Gasteiger partial charge in [0.15, 0.2) is 8.68 Å². The van der Waals surface area contributed by atoms with E-state index in [0.717, 1.165) is 24.2 Å². The molecule has 21 heavy (non-hydrogen) atoms. The van der Waals surface area contributed by atoms with Crippen LogP contribution in [0.4, 0.5) is 0 Å². The summed E-state index contributed by atoms with van der Waals surface area (Å²) in [4.78, 5) is 16.0. The maximum atomic E-state index is 12.8. The lowest BCUT2D eigenvalue weighted by molar-refractivity contribution is -0.148. The van der Waals surface area contributed by atoms with Gasteiger partial charge in [0.25, 0.3) is 10.0 Å². The van der Waals surface area contributed by atoms with Crippen LogP contribution in [0.15, 0.2) is 4.21 Å². The predicted molar refractivity (Wildman–Crippen MR) is 80.0 cm³/mol. The number of sulfonamides is 1. The Kier molecular flexibility index (Phi) is 5.24. The van der Waals surface area contributed by atoms with E-state index in [9.17, 15) is 13.2 Å². The quantitative estimate of drug-likeness (QED) is 0.776. The molecule has 0 saturated carbocycles. The zero-order valence-electron chi connectivity index (χ0n) is 11.8. The van der Waals surface area contributed by atoms with Gasteiger partial charge in [-0.25, -0.2) is 13.4 Å². The molecule has 0 bridgehead atoms. The van der Waals surface area contributed by atoms with Crippen LogP contribution in [0.2, 0.25) is 4.47 Å². The minimum atomic E-state index is -3.78. The third kappa shape index (κ3) is 3.39. The fourth-order valence-corrected chi connectivity index (χ4v) is 5.86. The minimum Gasteiger partial charge on any atom is -0.465 e. The van der Waals surface area contributed by atoms with Gasteiger partial charge in [-0.3, -0.25) is 4.79 Å². The highest BCUT2D eigenvalue weighted by Gasteiger charge is 2.40. The maximum Gasteiger partial charge on any atom is 0.324 e. The van der Waals surface area contributed by atoms with Gasteiger partial charge in [-0.05, 0) is 33.1 Å². The van der Waals surface area contributed by atoms with Crippen LogP contribution >= 0.6 is 22.9 Å². The van der Waals surface area contributed by atoms with Gasteiger partial charge in [-0.1, -0.05) is 22.9 Å². The van der Waals surface area contributed by atoms with Crippen LogP contribution in [0.5, 0.6) is 0 Å². The summed E-state index contributed by atoms with van der Waals surface area (Å²) in [6.45, 7) is 3.83. The number of thiazole rings is 1. The van der Waals surface area contributed by atoms with Crippen LogP contribution in [-0.2, 0) is 19.6 Å². The van der Waals surface area contributed by atoms with E-state index in [1.807, 2.05) is 0 Å². The number of esters is 1. The summed E-state index contributed by atoms with van der Waals surface area (Å²) in [5.74, 6) is -0.492. The Bertz CT molecular complexity index is 629. The molecule has 0 N–H and O–H groups in total. The first-order chi connectivity index (χ1) is 9.87. The van der Waals surface area contributed by atoms with Crippen molar-refractivity contribution >= 4 is 38.9 Å². The van der Waals surface area contributed by atoms with Crippen molar-refractivity contribution in [1.29, 1.82) is 0 Å². The summed E-state index contributed by atoms with van der Waals surface area (Å²) >= 11 is 6.71. The van der Waals surface area contributed by atoms with E-state index < -0.39 is 22.0 Å². The van der Waals surface area contributed by atoms with Crippen molar-refractivity contribution < 1.29 is 17.9 Å². The monoisotopic (exact) mass is 352 g/mol. The van der Waals surface area contributed by atoms with E-state index >= 15 is 0 Å². The molecular weight excluding hydrogens is 336 g/mol. The van der Waals surface area contributed by atoms with Crippen LogP contribution < -0.4 is 0 Å². The first kappa shape index (κ1) is 16.7. The second kappa shape index (κ2) is 6.60. The first-order valence-electron chi connectivity index (χ1n) is 6.69. The molecule has 1 aliphatic rings. The number of aromatic nitrogens is 1. The third-order valence-corrected chi connectivity index (χ3v) is 7.04. The topological polar surface area (TPSA) is 76.6 Å². The number of hydrogen-bond acceptors (Lipinski definition) is 6. The molecule has 0 amide bonds. The molecule has 118 valence electrons. The highest BCUT2D eigenvalue weighted by molar-refractivity contribution is 7.91. The number of hydrogen-bond donors (Lipinski definition) is 0. The van der Waals surface area contributed by atoms with Gasteiger partial charge in [0.1, 0.15) is 6.04 Å². The summed E-state index contributed by atoms with van der Waals surface area (Å²) in [5, 5.41) is 0. The molecule has 0 aromatic carbocycles. The Morgan fingerprint density at radius 1 is 1.52 bits per heavy atom. The molecule has 1 aliphatic heterocycles. The molecule has 2 rings (SSSR count). The number of nitrogens with zero attached hydrogens (tertiary/aromatic N) is 2. The average Bonchev–Trinajstić information content (AvgIpc) is 2.79. The SMILES string of the molecule is CCOC(=O)C1CCCCN1S(=O)(=O)c1sc(Cl)nc1C. The zero-order chi connectivity index (χ0) is 15.6. The molecule has 1 fully saturated rings. The number of piperidine rings is 1. The van der Waals surface area contributed by atoms with Gasteiger partial charge in [0, 0.05) is 6.54 Å². The van der Waals surface area contributed by atoms with Gasteiger partial charge >= 0.3 is 5.97 Å². The van der Waals surface area contributed by atoms with Gasteiger partial charge < -0.3 is 4.74 Å². The Morgan fingerprint density at radius 2 is 2.24 bits per heavy atom. The van der Waals surface area contributed by atoms with Crippen molar-refractivity contribution in [3.8, 4) is 0 Å². The number of carbonyl (C=O) groups excluding carboxylic acids is 1. The van der Waals surface area contributed by atoms with Crippen LogP contribution in [0.25, 0.3) is 0 Å². The number of aryl methyl sites for hydroxylation is 1. The minimum absolute atomic E-state index is 0.101. The van der Waals surface area contributed by atoms with Crippen molar-refractivity contribution in [2.24, 2.45) is 0 Å². The summed E-state index contributed by atoms with van der Waals surface area (Å²) in [7, 11) is -3.78. The van der Waals surface area contributed by atoms with E-state index in [0.29, 0.717) is 18.7 Å². The number of carbonyl (C=O) groups is 1. The zero-order valence-corrected chi connectivity index (χ0v) is 14.2. The lowest BCUT2D eigenvalue weighted by Crippen LogP contribution is -2.48. The van der Waals surface area contributed by atoms with Crippen LogP contribution in [0.1, 0.15) is 31.9 Å². The molecule has 9 heteroatoms. The van der Waals surface area contributed by atoms with Crippen molar-refractivity contribution in [3.05, 3.63) is 10.2 Å². The molecule has 0 spiro atoms. The highest BCUT2D eigenvalue weighted by Crippen LogP contribution is 2.32. The molecule has 1 unspecified atom stereocenters. The number of halogens is 1. The van der Waals surface area contributed by atoms with Gasteiger partial charge in [0.2, 0.25) is 0 Å². The average molecular weight is 353 g/mol. The van der Waals surface area contributed by atoms with E-state index in [-0.39, 0.29) is 15.3 Å². The van der Waals surface area contributed by atoms with E-state index in [1.54, 1.807) is 13.8 Å². The van der Waals surface area contributed by atoms with Crippen molar-refractivity contribution in [2.45, 2.75) is 43.4 Å². The number of ether oxygens (including phenoxy) is 1. The molecule has 2 heterocycles. The molecule has 1 aromatic rings. The van der Waals surface area contributed by atoms with E-state index in [1.165, 1.54) is 4.31 Å². The molecule has 1 saturated heterocycles. The smallest absolute Gasteiger partial charge is 0.324 e. The Morgan fingerprint density at radius 3 is 2.81 bits per heavy atom. The van der Waals surface area contributed by atoms with Gasteiger partial charge in [-0.15, -0.1) is 0 Å². The van der Waals surface area contributed by atoms with Gasteiger partial charge in [-0.2, -0.15) is 4.31 Å². The van der Waals surface area contributed by atoms with Crippen LogP contribution in [0.3, 0.4) is 0 Å². The van der Waals surface area contributed by atoms with Crippen molar-refractivity contribution in [1.82, 2.24) is 9.29 Å². The Hall–Kier alpha value is -0.700. The number of rotatable bonds is 4. The Balaban J connectivity index is 2.36. The standard InChI is InChI=1S/C12H17ClN2O4S2/c1-3-19-10(16)9-6-4-5-7-15(9)21(17,18)11-8(2)14-12(13)20-11/h9H,3-7H2,1-2H3. The summed E-state index contributed by atoms with van der Waals surface area (Å²) < 4.78 is 32.0. The lowest BCUT2D eigenvalue weighted by Gasteiger charge is -2.32. The van der Waals surface area contributed by atoms with Crippen molar-refractivity contribution in [3.63, 3.8) is 0 Å². The Labute approximate surface area is 133 Å². The summed E-state index contributed by atoms with van der Waals surface area (Å²) in [6.07, 6.45) is 2.00. The fraction of sp³-hybridized carbons (Fsp3) is 0.667. The largest absolute Gasteiger partial charge is 0.465 e. The second-order valence-corrected chi connectivity index (χ2v) is 8.39. The van der Waals surface area contributed by atoms with Gasteiger partial charge in [0.05, 0.1) is 12.3 Å². The van der Waals surface area contributed by atoms with Crippen LogP contribution in [-0.4, -0.2) is 42.9 Å². The van der Waals surface area contributed by atoms with E-state index in [2.05, 4.69) is 4.98 Å². The molecule has 6 nitrogen and oxygen atoms in total. The first-order valence-corrected chi connectivity index (χ1v) is 9.32. The molecular formula is C12H17ClN2O4S2. The molecule has 1 aromatic heterocycles. The lowest BCUT2D eigenvalue weighted by atomic mass is 10.1. The van der Waals surface area contributed by atoms with E-state index in [4.69, 9.17) is 16.3 Å². The summed E-state index contributed by atoms with van der Waals surface area (Å²) in [6, 6.07) is -0.760. The normalized spacial score (nSPS) is 20.4. The highest BCUT2D eigenvalue weighted by atomic mass is 35.5. The van der Waals surface area contributed by atoms with Crippen LogP contribution in [0, 0.1) is 6.92 Å². The van der Waals surface area contributed by atoms with Crippen molar-refractivity contribution in [2.75, 3.05) is 13.2 Å². The second-order valence-electron chi connectivity index (χ2n) is 4.72. The maximum absolute atomic E-state index is 12.8. The molecule has 0 radical (unpaired) electrons. The molecule has 0 aliphatic carbocycles. The molecule has 1 atom stereocenters.